The van der Waals surface area contributed by atoms with E-state index in [2.05, 4.69) is 38.2 Å². The van der Waals surface area contributed by atoms with Crippen molar-refractivity contribution in [1.82, 2.24) is 0 Å². The average Bonchev–Trinajstić information content (AvgIpc) is 2.36. The molecule has 0 amide bonds. The molecule has 4 nitrogen and oxygen atoms in total. The fraction of sp³-hybridized carbons (Fsp3) is 0.250. The summed E-state index contributed by atoms with van der Waals surface area (Å²) in [6.07, 6.45) is 0. The normalized spacial score (nSPS) is 11.4. The molecule has 112 valence electrons. The van der Waals surface area contributed by atoms with Crippen LogP contribution in [0.4, 0.5) is 5.69 Å². The van der Waals surface area contributed by atoms with Crippen LogP contribution in [0.2, 0.25) is 0 Å². The fourth-order valence-corrected chi connectivity index (χ4v) is 3.02. The third-order valence-corrected chi connectivity index (χ3v) is 4.38. The first-order valence-electron chi connectivity index (χ1n) is 6.71. The molecule has 0 aliphatic heterocycles. The van der Waals surface area contributed by atoms with Gasteiger partial charge in [0, 0.05) is 12.2 Å². The van der Waals surface area contributed by atoms with Crippen molar-refractivity contribution in [2.75, 3.05) is 5.32 Å². The van der Waals surface area contributed by atoms with Gasteiger partial charge in [-0.1, -0.05) is 23.8 Å². The molecule has 0 spiro atoms. The van der Waals surface area contributed by atoms with E-state index in [1.54, 1.807) is 12.1 Å². The van der Waals surface area contributed by atoms with Gasteiger partial charge in [-0.15, -0.1) is 0 Å². The number of sulfonamides is 1. The minimum atomic E-state index is -3.67. The highest BCUT2D eigenvalue weighted by Gasteiger charge is 2.08. The molecule has 0 aliphatic carbocycles. The second kappa shape index (κ2) is 5.87. The van der Waals surface area contributed by atoms with E-state index in [0.29, 0.717) is 6.54 Å². The van der Waals surface area contributed by atoms with Gasteiger partial charge < -0.3 is 5.32 Å². The molecule has 5 heteroatoms. The van der Waals surface area contributed by atoms with E-state index in [1.807, 2.05) is 6.07 Å². The highest BCUT2D eigenvalue weighted by Crippen LogP contribution is 2.19. The SMILES string of the molecule is Cc1cc(C)c(CNc2cccc(S(N)(=O)=O)c2)c(C)c1. The standard InChI is InChI=1S/C16H20N2O2S/c1-11-7-12(2)16(13(3)8-11)10-18-14-5-4-6-15(9-14)21(17,19)20/h4-9,18H,10H2,1-3H3,(H2,17,19,20). The van der Waals surface area contributed by atoms with Crippen LogP contribution in [0.5, 0.6) is 0 Å². The minimum Gasteiger partial charge on any atom is -0.381 e. The van der Waals surface area contributed by atoms with E-state index in [0.717, 1.165) is 5.69 Å². The second-order valence-electron chi connectivity index (χ2n) is 5.30. The summed E-state index contributed by atoms with van der Waals surface area (Å²) in [7, 11) is -3.67. The zero-order valence-corrected chi connectivity index (χ0v) is 13.3. The second-order valence-corrected chi connectivity index (χ2v) is 6.87. The van der Waals surface area contributed by atoms with Gasteiger partial charge in [0.1, 0.15) is 0 Å². The van der Waals surface area contributed by atoms with Gasteiger partial charge in [0.05, 0.1) is 4.90 Å². The van der Waals surface area contributed by atoms with Gasteiger partial charge in [0.2, 0.25) is 10.0 Å². The number of benzene rings is 2. The summed E-state index contributed by atoms with van der Waals surface area (Å²) in [4.78, 5) is 0.116. The first kappa shape index (κ1) is 15.5. The summed E-state index contributed by atoms with van der Waals surface area (Å²) in [5.41, 5.74) is 5.65. The molecule has 0 saturated carbocycles. The van der Waals surface area contributed by atoms with Crippen LogP contribution in [0.3, 0.4) is 0 Å². The lowest BCUT2D eigenvalue weighted by atomic mass is 10.00. The van der Waals surface area contributed by atoms with Crippen LogP contribution in [0, 0.1) is 20.8 Å². The van der Waals surface area contributed by atoms with Crippen molar-refractivity contribution in [2.45, 2.75) is 32.2 Å². The summed E-state index contributed by atoms with van der Waals surface area (Å²) in [5, 5.41) is 8.40. The fourth-order valence-electron chi connectivity index (χ4n) is 2.46. The zero-order valence-electron chi connectivity index (χ0n) is 12.5. The number of anilines is 1. The molecule has 0 aliphatic rings. The van der Waals surface area contributed by atoms with Crippen molar-refractivity contribution in [2.24, 2.45) is 5.14 Å². The van der Waals surface area contributed by atoms with E-state index in [9.17, 15) is 8.42 Å². The highest BCUT2D eigenvalue weighted by molar-refractivity contribution is 7.89. The van der Waals surface area contributed by atoms with E-state index in [4.69, 9.17) is 5.14 Å². The molecule has 0 radical (unpaired) electrons. The maximum atomic E-state index is 11.4. The lowest BCUT2D eigenvalue weighted by molar-refractivity contribution is 0.598. The number of aryl methyl sites for hydroxylation is 3. The molecule has 21 heavy (non-hydrogen) atoms. The van der Waals surface area contributed by atoms with Crippen molar-refractivity contribution in [1.29, 1.82) is 0 Å². The summed E-state index contributed by atoms with van der Waals surface area (Å²) < 4.78 is 22.7. The Balaban J connectivity index is 2.21. The van der Waals surface area contributed by atoms with Gasteiger partial charge >= 0.3 is 0 Å². The van der Waals surface area contributed by atoms with Gasteiger partial charge in [-0.2, -0.15) is 0 Å². The highest BCUT2D eigenvalue weighted by atomic mass is 32.2. The molecule has 3 N–H and O–H groups in total. The average molecular weight is 304 g/mol. The third kappa shape index (κ3) is 3.83. The van der Waals surface area contributed by atoms with Crippen LogP contribution in [-0.4, -0.2) is 8.42 Å². The van der Waals surface area contributed by atoms with Crippen molar-refractivity contribution >= 4 is 15.7 Å². The first-order chi connectivity index (χ1) is 9.77. The molecule has 0 aromatic heterocycles. The number of hydrogen-bond acceptors (Lipinski definition) is 3. The molecule has 0 heterocycles. The molecule has 2 rings (SSSR count). The van der Waals surface area contributed by atoms with Gasteiger partial charge in [0.25, 0.3) is 0 Å². The molecule has 2 aromatic carbocycles. The zero-order chi connectivity index (χ0) is 15.6. The lowest BCUT2D eigenvalue weighted by Gasteiger charge is -2.13. The minimum absolute atomic E-state index is 0.116. The molecule has 0 unspecified atom stereocenters. The Morgan fingerprint density at radius 2 is 1.67 bits per heavy atom. The summed E-state index contributed by atoms with van der Waals surface area (Å²) >= 11 is 0. The van der Waals surface area contributed by atoms with Gasteiger partial charge in [-0.05, 0) is 55.7 Å². The van der Waals surface area contributed by atoms with Crippen molar-refractivity contribution in [3.8, 4) is 0 Å². The predicted molar refractivity (Wildman–Crippen MR) is 85.8 cm³/mol. The van der Waals surface area contributed by atoms with Gasteiger partial charge in [-0.3, -0.25) is 0 Å². The molecule has 0 bridgehead atoms. The Bertz CT molecular complexity index is 745. The molecule has 2 aromatic rings. The Morgan fingerprint density at radius 3 is 2.24 bits per heavy atom. The number of nitrogens with one attached hydrogen (secondary N) is 1. The molecule has 0 saturated heterocycles. The Kier molecular flexibility index (Phi) is 4.34. The van der Waals surface area contributed by atoms with Crippen LogP contribution in [-0.2, 0) is 16.6 Å². The van der Waals surface area contributed by atoms with E-state index in [1.165, 1.54) is 28.3 Å². The smallest absolute Gasteiger partial charge is 0.238 e. The third-order valence-electron chi connectivity index (χ3n) is 3.47. The van der Waals surface area contributed by atoms with E-state index >= 15 is 0 Å². The van der Waals surface area contributed by atoms with Gasteiger partial charge in [-0.25, -0.2) is 13.6 Å². The summed E-state index contributed by atoms with van der Waals surface area (Å²) in [6.45, 7) is 6.88. The van der Waals surface area contributed by atoms with Crippen molar-refractivity contribution < 1.29 is 8.42 Å². The molecular weight excluding hydrogens is 284 g/mol. The predicted octanol–water partition coefficient (Wildman–Crippen LogP) is 2.87. The van der Waals surface area contributed by atoms with Crippen LogP contribution >= 0.6 is 0 Å². The number of primary sulfonamides is 1. The van der Waals surface area contributed by atoms with E-state index < -0.39 is 10.0 Å². The molecule has 0 atom stereocenters. The number of hydrogen-bond donors (Lipinski definition) is 2. The first-order valence-corrected chi connectivity index (χ1v) is 8.25. The van der Waals surface area contributed by atoms with Crippen LogP contribution < -0.4 is 10.5 Å². The summed E-state index contributed by atoms with van der Waals surface area (Å²) in [6, 6.07) is 10.8. The van der Waals surface area contributed by atoms with Crippen LogP contribution in [0.1, 0.15) is 22.3 Å². The quantitative estimate of drug-likeness (QED) is 0.912. The van der Waals surface area contributed by atoms with Crippen LogP contribution in [0.15, 0.2) is 41.3 Å². The Hall–Kier alpha value is -1.85. The summed E-state index contributed by atoms with van der Waals surface area (Å²) in [5.74, 6) is 0. The molecular formula is C16H20N2O2S. The van der Waals surface area contributed by atoms with Gasteiger partial charge in [0.15, 0.2) is 0 Å². The van der Waals surface area contributed by atoms with Crippen molar-refractivity contribution in [3.63, 3.8) is 0 Å². The van der Waals surface area contributed by atoms with Crippen molar-refractivity contribution in [3.05, 3.63) is 58.7 Å². The maximum absolute atomic E-state index is 11.4. The maximum Gasteiger partial charge on any atom is 0.238 e. The molecule has 0 fully saturated rings. The largest absolute Gasteiger partial charge is 0.381 e. The Labute approximate surface area is 126 Å². The Morgan fingerprint density at radius 1 is 1.05 bits per heavy atom. The number of rotatable bonds is 4. The lowest BCUT2D eigenvalue weighted by Crippen LogP contribution is -2.12. The number of nitrogens with two attached hydrogens (primary N) is 1. The van der Waals surface area contributed by atoms with E-state index in [-0.39, 0.29) is 4.90 Å². The van der Waals surface area contributed by atoms with Crippen LogP contribution in [0.25, 0.3) is 0 Å². The monoisotopic (exact) mass is 304 g/mol. The topological polar surface area (TPSA) is 72.2 Å².